The number of hydrogen-bond donors (Lipinski definition) is 2. The summed E-state index contributed by atoms with van der Waals surface area (Å²) in [6, 6.07) is 0. The number of rotatable bonds is 2. The molecule has 0 bridgehead atoms. The van der Waals surface area contributed by atoms with Crippen molar-refractivity contribution in [3.8, 4) is 0 Å². The normalized spacial score (nSPS) is 43.1. The number of methoxy groups -OCH3 is 1. The molecule has 4 nitrogen and oxygen atoms in total. The molecule has 1 rings (SSSR count). The van der Waals surface area contributed by atoms with Gasteiger partial charge in [-0.25, -0.2) is 0 Å². The third kappa shape index (κ3) is 2.97. The SMILES string of the molecule is [CH2-]C1O[C@@H](OC)C(O)C(O)C1CC.[Y]. The van der Waals surface area contributed by atoms with Crippen LogP contribution < -0.4 is 0 Å². The van der Waals surface area contributed by atoms with Crippen molar-refractivity contribution in [1.82, 2.24) is 0 Å². The summed E-state index contributed by atoms with van der Waals surface area (Å²) in [5, 5.41) is 19.2. The molecule has 1 saturated heterocycles. The molecule has 2 N–H and O–H groups in total. The van der Waals surface area contributed by atoms with Crippen molar-refractivity contribution in [2.75, 3.05) is 7.11 Å². The summed E-state index contributed by atoms with van der Waals surface area (Å²) in [4.78, 5) is 0. The Bertz CT molecular complexity index is 167. The van der Waals surface area contributed by atoms with E-state index in [1.807, 2.05) is 6.92 Å². The monoisotopic (exact) mass is 278 g/mol. The minimum Gasteiger partial charge on any atom is -0.390 e. The van der Waals surface area contributed by atoms with Crippen LogP contribution in [0.15, 0.2) is 0 Å². The second-order valence-corrected chi connectivity index (χ2v) is 3.33. The second kappa shape index (κ2) is 6.51. The molecule has 81 valence electrons. The van der Waals surface area contributed by atoms with E-state index in [0.717, 1.165) is 6.42 Å². The predicted molar refractivity (Wildman–Crippen MR) is 46.8 cm³/mol. The minimum absolute atomic E-state index is 0. The van der Waals surface area contributed by atoms with E-state index in [1.165, 1.54) is 7.11 Å². The van der Waals surface area contributed by atoms with E-state index in [9.17, 15) is 10.2 Å². The molecular formula is C9H17O4Y-. The van der Waals surface area contributed by atoms with Crippen LogP contribution in [0.2, 0.25) is 0 Å². The molecule has 14 heavy (non-hydrogen) atoms. The van der Waals surface area contributed by atoms with Gasteiger partial charge in [-0.2, -0.15) is 0 Å². The van der Waals surface area contributed by atoms with Gasteiger partial charge in [-0.15, -0.1) is 0 Å². The zero-order valence-corrected chi connectivity index (χ0v) is 11.4. The topological polar surface area (TPSA) is 58.9 Å². The van der Waals surface area contributed by atoms with Crippen molar-refractivity contribution in [3.05, 3.63) is 6.92 Å². The van der Waals surface area contributed by atoms with Crippen LogP contribution >= 0.6 is 0 Å². The van der Waals surface area contributed by atoms with E-state index in [2.05, 4.69) is 6.92 Å². The fraction of sp³-hybridized carbons (Fsp3) is 0.889. The second-order valence-electron chi connectivity index (χ2n) is 3.33. The quantitative estimate of drug-likeness (QED) is 0.695. The van der Waals surface area contributed by atoms with Crippen molar-refractivity contribution in [2.45, 2.75) is 37.9 Å². The van der Waals surface area contributed by atoms with Gasteiger partial charge in [0.1, 0.15) is 6.10 Å². The maximum Gasteiger partial charge on any atom is 0.183 e. The van der Waals surface area contributed by atoms with Gasteiger partial charge in [0.2, 0.25) is 0 Å². The first kappa shape index (κ1) is 14.9. The average molecular weight is 278 g/mol. The standard InChI is InChI=1S/C9H17O4.Y/c1-4-6-5(2)13-9(12-3)8(11)7(6)10;/h5-11H,2,4H2,1,3H3;/q-1;/t5?,6?,7?,8?,9-;/m1./s1. The molecule has 1 fully saturated rings. The maximum atomic E-state index is 9.66. The first-order chi connectivity index (χ1) is 6.11. The van der Waals surface area contributed by atoms with Gasteiger partial charge in [0, 0.05) is 39.8 Å². The summed E-state index contributed by atoms with van der Waals surface area (Å²) in [6.45, 7) is 5.69. The molecule has 0 aromatic rings. The Morgan fingerprint density at radius 1 is 1.36 bits per heavy atom. The summed E-state index contributed by atoms with van der Waals surface area (Å²) in [5.41, 5.74) is 0. The van der Waals surface area contributed by atoms with Gasteiger partial charge in [0.15, 0.2) is 6.29 Å². The fourth-order valence-corrected chi connectivity index (χ4v) is 1.69. The molecule has 0 amide bonds. The van der Waals surface area contributed by atoms with E-state index in [0.29, 0.717) is 0 Å². The molecule has 0 aromatic carbocycles. The van der Waals surface area contributed by atoms with Crippen molar-refractivity contribution in [2.24, 2.45) is 5.92 Å². The molecule has 5 atom stereocenters. The van der Waals surface area contributed by atoms with Crippen LogP contribution in [0.3, 0.4) is 0 Å². The van der Waals surface area contributed by atoms with Crippen LogP contribution in [-0.4, -0.2) is 41.9 Å². The van der Waals surface area contributed by atoms with E-state index in [-0.39, 0.29) is 44.7 Å². The molecule has 4 unspecified atom stereocenters. The van der Waals surface area contributed by atoms with Gasteiger partial charge in [-0.1, -0.05) is 19.4 Å². The smallest absolute Gasteiger partial charge is 0.183 e. The molecular weight excluding hydrogens is 261 g/mol. The van der Waals surface area contributed by atoms with E-state index < -0.39 is 18.5 Å². The van der Waals surface area contributed by atoms with Crippen LogP contribution in [0.4, 0.5) is 0 Å². The van der Waals surface area contributed by atoms with Crippen LogP contribution in [0.1, 0.15) is 13.3 Å². The third-order valence-corrected chi connectivity index (χ3v) is 2.56. The number of aliphatic hydroxyl groups excluding tert-OH is 2. The first-order valence-corrected chi connectivity index (χ1v) is 4.49. The van der Waals surface area contributed by atoms with E-state index in [4.69, 9.17) is 9.47 Å². The van der Waals surface area contributed by atoms with Crippen molar-refractivity contribution in [1.29, 1.82) is 0 Å². The summed E-state index contributed by atoms with van der Waals surface area (Å²) in [6.07, 6.45) is -2.16. The largest absolute Gasteiger partial charge is 0.390 e. The first-order valence-electron chi connectivity index (χ1n) is 4.49. The molecule has 1 aliphatic heterocycles. The van der Waals surface area contributed by atoms with E-state index in [1.54, 1.807) is 0 Å². The van der Waals surface area contributed by atoms with Crippen LogP contribution in [0, 0.1) is 12.8 Å². The third-order valence-electron chi connectivity index (χ3n) is 2.56. The molecule has 0 aliphatic carbocycles. The van der Waals surface area contributed by atoms with Gasteiger partial charge in [-0.3, -0.25) is 0 Å². The summed E-state index contributed by atoms with van der Waals surface area (Å²) >= 11 is 0. The Balaban J connectivity index is 0.00000169. The Kier molecular flexibility index (Phi) is 6.95. The van der Waals surface area contributed by atoms with Crippen molar-refractivity contribution in [3.63, 3.8) is 0 Å². The van der Waals surface area contributed by atoms with Crippen molar-refractivity contribution < 1.29 is 52.4 Å². The summed E-state index contributed by atoms with van der Waals surface area (Å²) in [7, 11) is 1.43. The fourth-order valence-electron chi connectivity index (χ4n) is 1.69. The number of aliphatic hydroxyl groups is 2. The van der Waals surface area contributed by atoms with Crippen LogP contribution in [0.5, 0.6) is 0 Å². The molecule has 1 heterocycles. The zero-order valence-electron chi connectivity index (χ0n) is 8.59. The Hall–Kier alpha value is 0.944. The Labute approximate surface area is 110 Å². The number of hydrogen-bond acceptors (Lipinski definition) is 4. The molecule has 1 aliphatic rings. The predicted octanol–water partition coefficient (Wildman–Crippen LogP) is -0.0627. The van der Waals surface area contributed by atoms with Gasteiger partial charge in [0.05, 0.1) is 6.10 Å². The number of ether oxygens (including phenoxy) is 2. The Morgan fingerprint density at radius 3 is 2.36 bits per heavy atom. The van der Waals surface area contributed by atoms with Gasteiger partial charge >= 0.3 is 0 Å². The van der Waals surface area contributed by atoms with Crippen LogP contribution in [-0.2, 0) is 42.2 Å². The van der Waals surface area contributed by atoms with E-state index >= 15 is 0 Å². The summed E-state index contributed by atoms with van der Waals surface area (Å²) in [5.74, 6) is -0.124. The van der Waals surface area contributed by atoms with Crippen LogP contribution in [0.25, 0.3) is 0 Å². The molecule has 1 radical (unpaired) electrons. The van der Waals surface area contributed by atoms with Crippen molar-refractivity contribution >= 4 is 0 Å². The zero-order chi connectivity index (χ0) is 10.0. The summed E-state index contributed by atoms with van der Waals surface area (Å²) < 4.78 is 10.1. The maximum absolute atomic E-state index is 9.66. The van der Waals surface area contributed by atoms with Gasteiger partial charge in [-0.05, 0) is 5.92 Å². The minimum atomic E-state index is -0.979. The Morgan fingerprint density at radius 2 is 1.93 bits per heavy atom. The average Bonchev–Trinajstić information content (AvgIpc) is 2.12. The molecule has 5 heteroatoms. The molecule has 0 saturated carbocycles. The molecule has 0 aromatic heterocycles. The van der Waals surface area contributed by atoms with Gasteiger partial charge in [0.25, 0.3) is 0 Å². The van der Waals surface area contributed by atoms with Gasteiger partial charge < -0.3 is 26.6 Å². The molecule has 0 spiro atoms.